The maximum Gasteiger partial charge on any atom is 0.269 e. The third-order valence-electron chi connectivity index (χ3n) is 6.36. The van der Waals surface area contributed by atoms with Crippen LogP contribution >= 0.6 is 11.8 Å². The highest BCUT2D eigenvalue weighted by molar-refractivity contribution is 7.99. The Balaban J connectivity index is 0.000000617. The molecule has 0 spiro atoms. The fraction of sp³-hybridized carbons (Fsp3) is 0.296. The van der Waals surface area contributed by atoms with Crippen molar-refractivity contribution in [2.45, 2.75) is 22.6 Å². The Bertz CT molecular complexity index is 1460. The first kappa shape index (κ1) is 28.3. The van der Waals surface area contributed by atoms with Crippen LogP contribution in [0.15, 0.2) is 89.8 Å². The van der Waals surface area contributed by atoms with Crippen LogP contribution in [0, 0.1) is 0 Å². The number of nitrogens with zero attached hydrogens (tertiary/aromatic N) is 2. The van der Waals surface area contributed by atoms with Gasteiger partial charge in [0.25, 0.3) is 26.0 Å². The van der Waals surface area contributed by atoms with Gasteiger partial charge < -0.3 is 4.90 Å². The van der Waals surface area contributed by atoms with Crippen molar-refractivity contribution in [3.63, 3.8) is 0 Å². The van der Waals surface area contributed by atoms with E-state index in [4.69, 9.17) is 4.55 Å². The number of hydrogen-bond acceptors (Lipinski definition) is 7. The molecule has 2 atom stereocenters. The monoisotopic (exact) mass is 574 g/mol. The second-order valence-electron chi connectivity index (χ2n) is 9.12. The van der Waals surface area contributed by atoms with Crippen LogP contribution in [-0.2, 0) is 20.1 Å². The molecule has 1 N–H and O–H groups in total. The Kier molecular flexibility index (Phi) is 8.94. The normalized spacial score (nSPS) is 19.8. The Morgan fingerprint density at radius 2 is 1.55 bits per heavy atom. The van der Waals surface area contributed by atoms with Gasteiger partial charge in [-0.3, -0.25) is 9.35 Å². The molecule has 1 saturated heterocycles. The lowest BCUT2D eigenvalue weighted by Gasteiger charge is -2.35. The lowest BCUT2D eigenvalue weighted by molar-refractivity contribution is 0.0819. The van der Waals surface area contributed by atoms with E-state index >= 15 is 0 Å². The van der Waals surface area contributed by atoms with Crippen molar-refractivity contribution in [3.8, 4) is 0 Å². The standard InChI is InChI=1S/C26H26N2O3S2.CH4O3S/c29-26-22-13-7-8-14-25(22)33(30,31)28(26)23(20-9-3-1-4-10-20)15-16-27-17-18-32-24(19-27)21-11-5-2-6-12-21;1-5(2,3)4/h1-14,23-24H,15-19H2;1H3,(H,2,3,4). The van der Waals surface area contributed by atoms with Gasteiger partial charge in [-0.25, -0.2) is 12.7 Å². The van der Waals surface area contributed by atoms with Crippen LogP contribution in [0.5, 0.6) is 0 Å². The number of rotatable bonds is 6. The topological polar surface area (TPSA) is 112 Å². The van der Waals surface area contributed by atoms with Crippen molar-refractivity contribution in [2.24, 2.45) is 0 Å². The predicted molar refractivity (Wildman–Crippen MR) is 149 cm³/mol. The average Bonchev–Trinajstić information content (AvgIpc) is 3.10. The van der Waals surface area contributed by atoms with Crippen LogP contribution in [0.3, 0.4) is 0 Å². The van der Waals surface area contributed by atoms with Crippen LogP contribution in [0.1, 0.15) is 39.2 Å². The molecular formula is C27H30N2O6S3. The van der Waals surface area contributed by atoms with E-state index in [1.54, 1.807) is 18.2 Å². The number of fused-ring (bicyclic) bond motifs is 1. The number of sulfonamides is 1. The molecule has 202 valence electrons. The molecule has 38 heavy (non-hydrogen) atoms. The lowest BCUT2D eigenvalue weighted by Crippen LogP contribution is -2.39. The third kappa shape index (κ3) is 6.83. The van der Waals surface area contributed by atoms with Crippen LogP contribution in [0.25, 0.3) is 0 Å². The molecule has 1 fully saturated rings. The van der Waals surface area contributed by atoms with Gasteiger partial charge in [0.05, 0.1) is 17.9 Å². The van der Waals surface area contributed by atoms with Gasteiger partial charge in [0.1, 0.15) is 4.90 Å². The van der Waals surface area contributed by atoms with E-state index in [0.717, 1.165) is 35.3 Å². The van der Waals surface area contributed by atoms with E-state index < -0.39 is 32.1 Å². The molecule has 5 rings (SSSR count). The minimum Gasteiger partial charge on any atom is -0.301 e. The summed E-state index contributed by atoms with van der Waals surface area (Å²) in [5, 5.41) is 0.400. The van der Waals surface area contributed by atoms with Crippen molar-refractivity contribution >= 4 is 37.8 Å². The summed E-state index contributed by atoms with van der Waals surface area (Å²) >= 11 is 1.97. The highest BCUT2D eigenvalue weighted by Crippen LogP contribution is 2.39. The van der Waals surface area contributed by atoms with Crippen molar-refractivity contribution in [1.82, 2.24) is 9.21 Å². The lowest BCUT2D eigenvalue weighted by atomic mass is 10.0. The molecule has 0 saturated carbocycles. The fourth-order valence-corrected chi connectivity index (χ4v) is 7.77. The maximum absolute atomic E-state index is 13.4. The first-order chi connectivity index (χ1) is 18.1. The molecular weight excluding hydrogens is 545 g/mol. The van der Waals surface area contributed by atoms with E-state index in [1.807, 2.05) is 48.2 Å². The Morgan fingerprint density at radius 3 is 2.18 bits per heavy atom. The molecule has 2 aliphatic heterocycles. The van der Waals surface area contributed by atoms with Gasteiger partial charge in [0.15, 0.2) is 0 Å². The molecule has 2 aliphatic rings. The average molecular weight is 575 g/mol. The zero-order chi connectivity index (χ0) is 27.3. The van der Waals surface area contributed by atoms with Crippen molar-refractivity contribution < 1.29 is 26.2 Å². The molecule has 11 heteroatoms. The smallest absolute Gasteiger partial charge is 0.269 e. The van der Waals surface area contributed by atoms with E-state index in [2.05, 4.69) is 29.2 Å². The first-order valence-electron chi connectivity index (χ1n) is 12.1. The van der Waals surface area contributed by atoms with Crippen LogP contribution in [0.2, 0.25) is 0 Å². The number of hydrogen-bond donors (Lipinski definition) is 1. The van der Waals surface area contributed by atoms with Gasteiger partial charge in [-0.2, -0.15) is 20.2 Å². The van der Waals surface area contributed by atoms with Crippen molar-refractivity contribution in [1.29, 1.82) is 0 Å². The molecule has 1 amide bonds. The number of carbonyl (C=O) groups excluding carboxylic acids is 1. The van der Waals surface area contributed by atoms with Gasteiger partial charge in [-0.1, -0.05) is 72.8 Å². The summed E-state index contributed by atoms with van der Waals surface area (Å²) in [6, 6.07) is 26.0. The van der Waals surface area contributed by atoms with Gasteiger partial charge in [-0.15, -0.1) is 0 Å². The van der Waals surface area contributed by atoms with Gasteiger partial charge >= 0.3 is 0 Å². The van der Waals surface area contributed by atoms with Crippen LogP contribution in [-0.4, -0.2) is 68.1 Å². The summed E-state index contributed by atoms with van der Waals surface area (Å²) in [5.74, 6) is 0.595. The SMILES string of the molecule is CS(=O)(=O)O.O=C1c2ccccc2S(=O)(=O)N1C(CCN1CCSC(c2ccccc2)C1)c1ccccc1. The molecule has 2 heterocycles. The zero-order valence-electron chi connectivity index (χ0n) is 20.9. The summed E-state index contributed by atoms with van der Waals surface area (Å²) in [5.41, 5.74) is 2.42. The highest BCUT2D eigenvalue weighted by atomic mass is 32.2. The Hall–Kier alpha value is -2.70. The molecule has 3 aromatic carbocycles. The predicted octanol–water partition coefficient (Wildman–Crippen LogP) is 4.26. The third-order valence-corrected chi connectivity index (χ3v) is 9.45. The van der Waals surface area contributed by atoms with Gasteiger partial charge in [-0.05, 0) is 29.7 Å². The van der Waals surface area contributed by atoms with Crippen LogP contribution in [0.4, 0.5) is 0 Å². The van der Waals surface area contributed by atoms with Crippen molar-refractivity contribution in [2.75, 3.05) is 31.6 Å². The minimum absolute atomic E-state index is 0.106. The second-order valence-corrected chi connectivity index (χ2v) is 13.7. The molecule has 8 nitrogen and oxygen atoms in total. The summed E-state index contributed by atoms with van der Waals surface area (Å²) in [4.78, 5) is 15.7. The summed E-state index contributed by atoms with van der Waals surface area (Å²) in [6.45, 7) is 2.59. The van der Waals surface area contributed by atoms with E-state index in [0.29, 0.717) is 17.9 Å². The number of carbonyl (C=O) groups is 1. The minimum atomic E-state index is -3.89. The number of amides is 1. The summed E-state index contributed by atoms with van der Waals surface area (Å²) in [7, 11) is -7.56. The van der Waals surface area contributed by atoms with E-state index in [-0.39, 0.29) is 10.5 Å². The first-order valence-corrected chi connectivity index (χ1v) is 16.4. The highest BCUT2D eigenvalue weighted by Gasteiger charge is 2.45. The molecule has 0 bridgehead atoms. The summed E-state index contributed by atoms with van der Waals surface area (Å²) in [6.07, 6.45) is 1.27. The summed E-state index contributed by atoms with van der Waals surface area (Å²) < 4.78 is 53.8. The molecule has 2 unspecified atom stereocenters. The molecule has 0 radical (unpaired) electrons. The zero-order valence-corrected chi connectivity index (χ0v) is 23.3. The maximum atomic E-state index is 13.4. The fourth-order valence-electron chi connectivity index (χ4n) is 4.69. The van der Waals surface area contributed by atoms with Crippen LogP contribution < -0.4 is 0 Å². The van der Waals surface area contributed by atoms with E-state index in [1.165, 1.54) is 11.6 Å². The van der Waals surface area contributed by atoms with Crippen molar-refractivity contribution in [3.05, 3.63) is 102 Å². The molecule has 3 aromatic rings. The van der Waals surface area contributed by atoms with Gasteiger partial charge in [0.2, 0.25) is 0 Å². The van der Waals surface area contributed by atoms with Gasteiger partial charge in [0, 0.05) is 30.6 Å². The Morgan fingerprint density at radius 1 is 0.974 bits per heavy atom. The molecule has 0 aromatic heterocycles. The molecule has 0 aliphatic carbocycles. The second kappa shape index (κ2) is 12.0. The van der Waals surface area contributed by atoms with E-state index in [9.17, 15) is 21.6 Å². The number of benzene rings is 3. The number of thioether (sulfide) groups is 1. The largest absolute Gasteiger partial charge is 0.301 e. The quantitative estimate of drug-likeness (QED) is 0.435. The Labute approximate surface area is 228 Å².